The molecule has 0 unspecified atom stereocenters. The molecule has 8 heteroatoms. The lowest BCUT2D eigenvalue weighted by molar-refractivity contribution is -0.145. The van der Waals surface area contributed by atoms with E-state index in [9.17, 15) is 17.6 Å². The summed E-state index contributed by atoms with van der Waals surface area (Å²) < 4.78 is 44.2. The molecule has 0 aliphatic rings. The SMILES string of the molecule is O=C(CCCNS(=O)(=O)c1ccc(F)cc1)OCc1ccc(Cl)cc1. The Morgan fingerprint density at radius 1 is 1.08 bits per heavy atom. The van der Waals surface area contributed by atoms with Gasteiger partial charge in [-0.1, -0.05) is 23.7 Å². The highest BCUT2D eigenvalue weighted by atomic mass is 35.5. The molecule has 0 aliphatic heterocycles. The molecule has 0 atom stereocenters. The van der Waals surface area contributed by atoms with Crippen LogP contribution in [-0.2, 0) is 26.2 Å². The van der Waals surface area contributed by atoms with Crippen LogP contribution in [0, 0.1) is 5.82 Å². The number of carbonyl (C=O) groups is 1. The fourth-order valence-corrected chi connectivity index (χ4v) is 3.15. The molecule has 0 fully saturated rings. The zero-order valence-electron chi connectivity index (χ0n) is 13.2. The average molecular weight is 386 g/mol. The molecular weight excluding hydrogens is 369 g/mol. The van der Waals surface area contributed by atoms with Crippen LogP contribution in [0.3, 0.4) is 0 Å². The van der Waals surface area contributed by atoms with Crippen molar-refractivity contribution in [1.82, 2.24) is 4.72 Å². The summed E-state index contributed by atoms with van der Waals surface area (Å²) >= 11 is 5.77. The van der Waals surface area contributed by atoms with Gasteiger partial charge in [0.1, 0.15) is 12.4 Å². The Bertz CT molecular complexity index is 808. The Balaban J connectivity index is 1.70. The van der Waals surface area contributed by atoms with E-state index in [1.54, 1.807) is 24.3 Å². The van der Waals surface area contributed by atoms with Crippen LogP contribution < -0.4 is 4.72 Å². The van der Waals surface area contributed by atoms with Crippen molar-refractivity contribution >= 4 is 27.6 Å². The number of halogens is 2. The van der Waals surface area contributed by atoms with Crippen molar-refractivity contribution < 1.29 is 22.3 Å². The van der Waals surface area contributed by atoms with Gasteiger partial charge in [-0.3, -0.25) is 4.79 Å². The zero-order chi connectivity index (χ0) is 18.3. The third-order valence-corrected chi connectivity index (χ3v) is 5.02. The molecule has 0 radical (unpaired) electrons. The summed E-state index contributed by atoms with van der Waals surface area (Å²) in [5, 5.41) is 0.600. The van der Waals surface area contributed by atoms with Gasteiger partial charge in [0.15, 0.2) is 0 Å². The van der Waals surface area contributed by atoms with E-state index < -0.39 is 21.8 Å². The van der Waals surface area contributed by atoms with Gasteiger partial charge < -0.3 is 4.74 Å². The predicted octanol–water partition coefficient (Wildman–Crippen LogP) is 3.28. The van der Waals surface area contributed by atoms with E-state index in [-0.39, 0.29) is 24.5 Å². The number of hydrogen-bond donors (Lipinski definition) is 1. The average Bonchev–Trinajstić information content (AvgIpc) is 2.59. The van der Waals surface area contributed by atoms with E-state index in [2.05, 4.69) is 4.72 Å². The quantitative estimate of drug-likeness (QED) is 0.559. The maximum absolute atomic E-state index is 12.8. The second kappa shape index (κ2) is 8.94. The molecule has 0 bridgehead atoms. The van der Waals surface area contributed by atoms with Gasteiger partial charge in [-0.2, -0.15) is 0 Å². The van der Waals surface area contributed by atoms with Crippen LogP contribution in [0.4, 0.5) is 4.39 Å². The lowest BCUT2D eigenvalue weighted by Gasteiger charge is -2.07. The second-order valence-corrected chi connectivity index (χ2v) is 7.45. The first-order valence-electron chi connectivity index (χ1n) is 7.52. The van der Waals surface area contributed by atoms with Crippen molar-refractivity contribution in [2.45, 2.75) is 24.3 Å². The third kappa shape index (κ3) is 6.45. The van der Waals surface area contributed by atoms with Crippen molar-refractivity contribution in [3.8, 4) is 0 Å². The van der Waals surface area contributed by atoms with Crippen LogP contribution in [0.25, 0.3) is 0 Å². The highest BCUT2D eigenvalue weighted by molar-refractivity contribution is 7.89. The number of esters is 1. The van der Waals surface area contributed by atoms with Crippen LogP contribution in [-0.4, -0.2) is 20.9 Å². The van der Waals surface area contributed by atoms with Gasteiger partial charge in [-0.15, -0.1) is 0 Å². The normalized spacial score (nSPS) is 11.3. The molecule has 2 aromatic carbocycles. The largest absolute Gasteiger partial charge is 0.461 e. The lowest BCUT2D eigenvalue weighted by Crippen LogP contribution is -2.25. The highest BCUT2D eigenvalue weighted by Crippen LogP contribution is 2.11. The molecule has 25 heavy (non-hydrogen) atoms. The molecular formula is C17H17ClFNO4S. The van der Waals surface area contributed by atoms with Gasteiger partial charge in [-0.05, 0) is 48.4 Å². The maximum atomic E-state index is 12.8. The summed E-state index contributed by atoms with van der Waals surface area (Å²) in [7, 11) is -3.72. The number of rotatable bonds is 8. The van der Waals surface area contributed by atoms with Crippen molar-refractivity contribution in [3.63, 3.8) is 0 Å². The van der Waals surface area contributed by atoms with E-state index in [1.807, 2.05) is 0 Å². The van der Waals surface area contributed by atoms with E-state index >= 15 is 0 Å². The Morgan fingerprint density at radius 2 is 1.72 bits per heavy atom. The predicted molar refractivity (Wildman–Crippen MR) is 92.1 cm³/mol. The van der Waals surface area contributed by atoms with Crippen LogP contribution >= 0.6 is 11.6 Å². The number of benzene rings is 2. The van der Waals surface area contributed by atoms with E-state index in [4.69, 9.17) is 16.3 Å². The number of nitrogens with one attached hydrogen (secondary N) is 1. The van der Waals surface area contributed by atoms with Gasteiger partial charge >= 0.3 is 5.97 Å². The third-order valence-electron chi connectivity index (χ3n) is 3.29. The monoisotopic (exact) mass is 385 g/mol. The Hall–Kier alpha value is -1.96. The van der Waals surface area contributed by atoms with Gasteiger partial charge in [0.2, 0.25) is 10.0 Å². The molecule has 0 spiro atoms. The van der Waals surface area contributed by atoms with Crippen molar-refractivity contribution in [3.05, 3.63) is 64.9 Å². The molecule has 5 nitrogen and oxygen atoms in total. The molecule has 134 valence electrons. The molecule has 2 rings (SSSR count). The number of sulfonamides is 1. The molecule has 0 saturated heterocycles. The standard InChI is InChI=1S/C17H17ClFNO4S/c18-14-5-3-13(4-6-14)12-24-17(21)2-1-11-20-25(22,23)16-9-7-15(19)8-10-16/h3-10,20H,1-2,11-12H2. The van der Waals surface area contributed by atoms with Crippen LogP contribution in [0.5, 0.6) is 0 Å². The zero-order valence-corrected chi connectivity index (χ0v) is 14.8. The Morgan fingerprint density at radius 3 is 2.36 bits per heavy atom. The summed E-state index contributed by atoms with van der Waals surface area (Å²) in [6.07, 6.45) is 0.374. The van der Waals surface area contributed by atoms with Crippen LogP contribution in [0.15, 0.2) is 53.4 Å². The molecule has 1 N–H and O–H groups in total. The Labute approximate surface area is 150 Å². The first-order valence-corrected chi connectivity index (χ1v) is 9.38. The number of ether oxygens (including phenoxy) is 1. The fraction of sp³-hybridized carbons (Fsp3) is 0.235. The minimum absolute atomic E-state index is 0.0285. The summed E-state index contributed by atoms with van der Waals surface area (Å²) in [4.78, 5) is 11.6. The summed E-state index contributed by atoms with van der Waals surface area (Å²) in [6.45, 7) is 0.215. The fourth-order valence-electron chi connectivity index (χ4n) is 1.95. The van der Waals surface area contributed by atoms with E-state index in [0.717, 1.165) is 17.7 Å². The van der Waals surface area contributed by atoms with Crippen LogP contribution in [0.2, 0.25) is 5.02 Å². The van der Waals surface area contributed by atoms with Gasteiger partial charge in [0.05, 0.1) is 4.90 Å². The van der Waals surface area contributed by atoms with E-state index in [1.165, 1.54) is 12.1 Å². The maximum Gasteiger partial charge on any atom is 0.306 e. The van der Waals surface area contributed by atoms with Crippen molar-refractivity contribution in [2.24, 2.45) is 0 Å². The minimum Gasteiger partial charge on any atom is -0.461 e. The molecule has 2 aromatic rings. The van der Waals surface area contributed by atoms with Crippen LogP contribution in [0.1, 0.15) is 18.4 Å². The van der Waals surface area contributed by atoms with Gasteiger partial charge in [-0.25, -0.2) is 17.5 Å². The lowest BCUT2D eigenvalue weighted by atomic mass is 10.2. The molecule has 0 amide bonds. The second-order valence-electron chi connectivity index (χ2n) is 5.24. The molecule has 0 aliphatic carbocycles. The smallest absolute Gasteiger partial charge is 0.306 e. The first-order chi connectivity index (χ1) is 11.9. The first kappa shape index (κ1) is 19.4. The molecule has 0 heterocycles. The van der Waals surface area contributed by atoms with Crippen molar-refractivity contribution in [2.75, 3.05) is 6.54 Å². The summed E-state index contributed by atoms with van der Waals surface area (Å²) in [5.74, 6) is -0.932. The Kier molecular flexibility index (Phi) is 6.92. The van der Waals surface area contributed by atoms with Crippen molar-refractivity contribution in [1.29, 1.82) is 0 Å². The summed E-state index contributed by atoms with van der Waals surface area (Å²) in [6, 6.07) is 11.4. The topological polar surface area (TPSA) is 72.5 Å². The molecule has 0 saturated carbocycles. The van der Waals surface area contributed by atoms with Gasteiger partial charge in [0.25, 0.3) is 0 Å². The van der Waals surface area contributed by atoms with Gasteiger partial charge in [0, 0.05) is 18.0 Å². The number of carbonyl (C=O) groups excluding carboxylic acids is 1. The molecule has 0 aromatic heterocycles. The number of hydrogen-bond acceptors (Lipinski definition) is 4. The highest BCUT2D eigenvalue weighted by Gasteiger charge is 2.13. The van der Waals surface area contributed by atoms with E-state index in [0.29, 0.717) is 11.4 Å². The summed E-state index contributed by atoms with van der Waals surface area (Å²) in [5.41, 5.74) is 0.815. The minimum atomic E-state index is -3.72.